The number of imidazole rings is 1. The molecule has 1 aromatic heterocycles. The third kappa shape index (κ3) is 3.24. The number of aryl methyl sites for hydroxylation is 3. The average Bonchev–Trinajstić information content (AvgIpc) is 3.02. The summed E-state index contributed by atoms with van der Waals surface area (Å²) >= 11 is 0. The number of hydrogen-bond donors (Lipinski definition) is 1. The lowest BCUT2D eigenvalue weighted by Gasteiger charge is -2.24. The molecule has 0 amide bonds. The van der Waals surface area contributed by atoms with Gasteiger partial charge in [0.25, 0.3) is 0 Å². The lowest BCUT2D eigenvalue weighted by molar-refractivity contribution is -0.141. The Balaban J connectivity index is 2.23. The lowest BCUT2D eigenvalue weighted by Crippen LogP contribution is -2.20. The molecule has 2 atom stereocenters. The van der Waals surface area contributed by atoms with Crippen molar-refractivity contribution in [2.45, 2.75) is 46.6 Å². The summed E-state index contributed by atoms with van der Waals surface area (Å²) in [5.74, 6) is -0.200. The summed E-state index contributed by atoms with van der Waals surface area (Å²) in [7, 11) is 0. The van der Waals surface area contributed by atoms with E-state index in [2.05, 4.69) is 49.6 Å². The van der Waals surface area contributed by atoms with Crippen LogP contribution in [0.3, 0.4) is 0 Å². The minimum Gasteiger partial charge on any atom is -0.481 e. The second-order valence-electron chi connectivity index (χ2n) is 7.03. The molecule has 2 aromatic carbocycles. The molecule has 0 radical (unpaired) electrons. The largest absolute Gasteiger partial charge is 0.481 e. The number of aromatic nitrogens is 2. The highest BCUT2D eigenvalue weighted by molar-refractivity contribution is 5.81. The van der Waals surface area contributed by atoms with E-state index < -0.39 is 11.9 Å². The average molecular weight is 350 g/mol. The molecule has 0 aliphatic carbocycles. The number of fused-ring (bicyclic) bond motifs is 1. The van der Waals surface area contributed by atoms with Crippen molar-refractivity contribution in [2.24, 2.45) is 5.92 Å². The van der Waals surface area contributed by atoms with Gasteiger partial charge in [-0.1, -0.05) is 50.2 Å². The first-order chi connectivity index (χ1) is 12.4. The number of nitrogens with zero attached hydrogens (tertiary/aromatic N) is 2. The third-order valence-corrected chi connectivity index (χ3v) is 5.27. The van der Waals surface area contributed by atoms with E-state index in [0.29, 0.717) is 6.42 Å². The Kier molecular flexibility index (Phi) is 5.12. The second-order valence-corrected chi connectivity index (χ2v) is 7.03. The third-order valence-electron chi connectivity index (χ3n) is 5.27. The van der Waals surface area contributed by atoms with Crippen LogP contribution in [0, 0.1) is 19.8 Å². The van der Waals surface area contributed by atoms with Gasteiger partial charge in [-0.15, -0.1) is 0 Å². The minimum absolute atomic E-state index is 0.0515. The van der Waals surface area contributed by atoms with Gasteiger partial charge in [0, 0.05) is 6.42 Å². The van der Waals surface area contributed by atoms with Crippen molar-refractivity contribution in [3.05, 3.63) is 65.0 Å². The van der Waals surface area contributed by atoms with Crippen molar-refractivity contribution in [3.63, 3.8) is 0 Å². The summed E-state index contributed by atoms with van der Waals surface area (Å²) in [6.45, 7) is 8.08. The van der Waals surface area contributed by atoms with Crippen LogP contribution in [0.4, 0.5) is 0 Å². The summed E-state index contributed by atoms with van der Waals surface area (Å²) in [6, 6.07) is 14.3. The molecule has 3 aromatic rings. The number of carboxylic acid groups (broad SMARTS) is 1. The van der Waals surface area contributed by atoms with Crippen LogP contribution >= 0.6 is 0 Å². The van der Waals surface area contributed by atoms with Crippen molar-refractivity contribution in [1.82, 2.24) is 9.55 Å². The van der Waals surface area contributed by atoms with Gasteiger partial charge in [0.15, 0.2) is 0 Å². The highest BCUT2D eigenvalue weighted by Gasteiger charge is 2.25. The number of carbonyl (C=O) groups is 1. The van der Waals surface area contributed by atoms with Gasteiger partial charge in [-0.05, 0) is 43.0 Å². The quantitative estimate of drug-likeness (QED) is 0.687. The first-order valence-corrected chi connectivity index (χ1v) is 9.18. The maximum Gasteiger partial charge on any atom is 0.306 e. The summed E-state index contributed by atoms with van der Waals surface area (Å²) in [5.41, 5.74) is 5.63. The normalized spacial score (nSPS) is 13.7. The number of benzene rings is 2. The Morgan fingerprint density at radius 1 is 1.15 bits per heavy atom. The molecule has 0 saturated heterocycles. The fraction of sp³-hybridized carbons (Fsp3) is 0.364. The topological polar surface area (TPSA) is 55.1 Å². The molecule has 0 aliphatic heterocycles. The Morgan fingerprint density at radius 2 is 1.85 bits per heavy atom. The minimum atomic E-state index is -0.763. The van der Waals surface area contributed by atoms with Crippen LogP contribution in [0.5, 0.6) is 0 Å². The predicted molar refractivity (Wildman–Crippen MR) is 105 cm³/mol. The van der Waals surface area contributed by atoms with Gasteiger partial charge in [0.05, 0.1) is 23.0 Å². The monoisotopic (exact) mass is 350 g/mol. The Hall–Kier alpha value is -2.62. The van der Waals surface area contributed by atoms with Gasteiger partial charge in [0.1, 0.15) is 5.82 Å². The smallest absolute Gasteiger partial charge is 0.306 e. The van der Waals surface area contributed by atoms with Crippen molar-refractivity contribution >= 4 is 17.0 Å². The van der Waals surface area contributed by atoms with Crippen LogP contribution in [0.2, 0.25) is 0 Å². The standard InChI is InChI=1S/C22H26N2O2/c1-5-20-23-21-16(4)14(2)11-12-18(21)24(20)19(13-15(3)22(25)26)17-9-7-6-8-10-17/h6-12,15,19H,5,13H2,1-4H3,(H,25,26). The fourth-order valence-corrected chi connectivity index (χ4v) is 3.54. The van der Waals surface area contributed by atoms with Gasteiger partial charge < -0.3 is 9.67 Å². The molecule has 3 rings (SSSR count). The first kappa shape index (κ1) is 18.2. The molecule has 4 nitrogen and oxygen atoms in total. The van der Waals surface area contributed by atoms with Gasteiger partial charge in [-0.3, -0.25) is 4.79 Å². The molecular formula is C22H26N2O2. The van der Waals surface area contributed by atoms with Crippen LogP contribution < -0.4 is 0 Å². The van der Waals surface area contributed by atoms with E-state index in [4.69, 9.17) is 4.98 Å². The van der Waals surface area contributed by atoms with E-state index in [1.165, 1.54) is 11.1 Å². The van der Waals surface area contributed by atoms with Gasteiger partial charge in [0.2, 0.25) is 0 Å². The fourth-order valence-electron chi connectivity index (χ4n) is 3.54. The van der Waals surface area contributed by atoms with E-state index in [1.54, 1.807) is 6.92 Å². The number of hydrogen-bond acceptors (Lipinski definition) is 2. The number of aliphatic carboxylic acids is 1. The number of carboxylic acids is 1. The second kappa shape index (κ2) is 7.32. The SMILES string of the molecule is CCc1nc2c(C)c(C)ccc2n1C(CC(C)C(=O)O)c1ccccc1. The van der Waals surface area contributed by atoms with Gasteiger partial charge in [-0.2, -0.15) is 0 Å². The zero-order valence-electron chi connectivity index (χ0n) is 15.9. The van der Waals surface area contributed by atoms with E-state index in [0.717, 1.165) is 28.8 Å². The van der Waals surface area contributed by atoms with E-state index in [9.17, 15) is 9.90 Å². The molecule has 136 valence electrons. The molecule has 0 spiro atoms. The number of rotatable bonds is 6. The van der Waals surface area contributed by atoms with Crippen LogP contribution in [-0.4, -0.2) is 20.6 Å². The van der Waals surface area contributed by atoms with Crippen LogP contribution in [0.1, 0.15) is 48.8 Å². The zero-order valence-corrected chi connectivity index (χ0v) is 15.9. The molecule has 26 heavy (non-hydrogen) atoms. The maximum absolute atomic E-state index is 11.5. The molecule has 1 heterocycles. The highest BCUT2D eigenvalue weighted by Crippen LogP contribution is 2.33. The molecule has 0 saturated carbocycles. The van der Waals surface area contributed by atoms with Crippen molar-refractivity contribution in [2.75, 3.05) is 0 Å². The van der Waals surface area contributed by atoms with Crippen LogP contribution in [0.15, 0.2) is 42.5 Å². The van der Waals surface area contributed by atoms with E-state index >= 15 is 0 Å². The van der Waals surface area contributed by atoms with Gasteiger partial charge >= 0.3 is 5.97 Å². The van der Waals surface area contributed by atoms with Crippen molar-refractivity contribution in [3.8, 4) is 0 Å². The van der Waals surface area contributed by atoms with E-state index in [-0.39, 0.29) is 6.04 Å². The summed E-state index contributed by atoms with van der Waals surface area (Å²) in [4.78, 5) is 16.4. The maximum atomic E-state index is 11.5. The van der Waals surface area contributed by atoms with E-state index in [1.807, 2.05) is 18.2 Å². The Morgan fingerprint density at radius 3 is 2.46 bits per heavy atom. The first-order valence-electron chi connectivity index (χ1n) is 9.18. The molecule has 0 bridgehead atoms. The van der Waals surface area contributed by atoms with Crippen molar-refractivity contribution < 1.29 is 9.90 Å². The molecular weight excluding hydrogens is 324 g/mol. The molecule has 0 fully saturated rings. The summed E-state index contributed by atoms with van der Waals surface area (Å²) < 4.78 is 2.25. The van der Waals surface area contributed by atoms with Gasteiger partial charge in [-0.25, -0.2) is 4.98 Å². The molecule has 2 unspecified atom stereocenters. The highest BCUT2D eigenvalue weighted by atomic mass is 16.4. The van der Waals surface area contributed by atoms with Crippen LogP contribution in [-0.2, 0) is 11.2 Å². The Bertz CT molecular complexity index is 928. The molecule has 1 N–H and O–H groups in total. The van der Waals surface area contributed by atoms with Crippen LogP contribution in [0.25, 0.3) is 11.0 Å². The predicted octanol–water partition coefficient (Wildman–Crippen LogP) is 4.92. The van der Waals surface area contributed by atoms with Crippen molar-refractivity contribution in [1.29, 1.82) is 0 Å². The Labute approximate surface area is 154 Å². The summed E-state index contributed by atoms with van der Waals surface area (Å²) in [5, 5.41) is 9.47. The zero-order chi connectivity index (χ0) is 18.8. The lowest BCUT2D eigenvalue weighted by atomic mass is 9.95. The summed E-state index contributed by atoms with van der Waals surface area (Å²) in [6.07, 6.45) is 1.34. The molecule has 0 aliphatic rings. The molecule has 4 heteroatoms.